The highest BCUT2D eigenvalue weighted by Gasteiger charge is 2.41. The van der Waals surface area contributed by atoms with Crippen LogP contribution in [0.5, 0.6) is 0 Å². The van der Waals surface area contributed by atoms with Crippen LogP contribution >= 0.6 is 0 Å². The van der Waals surface area contributed by atoms with Crippen LogP contribution in [0.15, 0.2) is 65.3 Å². The predicted molar refractivity (Wildman–Crippen MR) is 156 cm³/mol. The summed E-state index contributed by atoms with van der Waals surface area (Å²) in [6, 6.07) is 15.9. The van der Waals surface area contributed by atoms with Crippen molar-refractivity contribution in [3.63, 3.8) is 0 Å². The van der Waals surface area contributed by atoms with Gasteiger partial charge in [0, 0.05) is 57.6 Å². The maximum atomic E-state index is 13.0. The topological polar surface area (TPSA) is 136 Å². The minimum atomic E-state index is -0.874. The number of hydrogen-bond acceptors (Lipinski definition) is 8. The number of aryl methyl sites for hydroxylation is 1. The minimum Gasteiger partial charge on any atom is -0.459 e. The zero-order chi connectivity index (χ0) is 29.8. The molecule has 0 spiro atoms. The normalized spacial score (nSPS) is 15.4. The van der Waals surface area contributed by atoms with Crippen molar-refractivity contribution in [2.75, 3.05) is 61.4 Å². The van der Waals surface area contributed by atoms with Gasteiger partial charge < -0.3 is 24.9 Å². The molecular weight excluding hydrogens is 540 g/mol. The number of piperazine rings is 1. The lowest BCUT2D eigenvalue weighted by molar-refractivity contribution is -0.142. The molecule has 2 aliphatic heterocycles. The summed E-state index contributed by atoms with van der Waals surface area (Å²) in [5.74, 6) is -2.41. The number of carbonyl (C=O) groups excluding carboxylic acids is 5. The SMILES string of the molecule is Cc1ccccc1N1CCN(c2ccc(C(=O)NCCCN3C(=O)C(=O)N(C)C3=O)cc2NC(=O)c2ccco2)CC1. The Bertz CT molecular complexity index is 1510. The number of nitrogens with one attached hydrogen (secondary N) is 2. The van der Waals surface area contributed by atoms with Crippen molar-refractivity contribution >= 4 is 46.7 Å². The number of anilines is 3. The Morgan fingerprint density at radius 2 is 1.57 bits per heavy atom. The highest BCUT2D eigenvalue weighted by molar-refractivity contribution is 6.44. The Hall–Kier alpha value is -5.13. The van der Waals surface area contributed by atoms with Crippen LogP contribution in [0.2, 0.25) is 0 Å². The van der Waals surface area contributed by atoms with Crippen molar-refractivity contribution in [3.8, 4) is 0 Å². The van der Waals surface area contributed by atoms with E-state index < -0.39 is 23.8 Å². The Balaban J connectivity index is 1.26. The van der Waals surface area contributed by atoms with Gasteiger partial charge in [0.1, 0.15) is 0 Å². The summed E-state index contributed by atoms with van der Waals surface area (Å²) in [6.07, 6.45) is 1.69. The van der Waals surface area contributed by atoms with Gasteiger partial charge >= 0.3 is 17.8 Å². The highest BCUT2D eigenvalue weighted by Crippen LogP contribution is 2.30. The fourth-order valence-electron chi connectivity index (χ4n) is 5.10. The summed E-state index contributed by atoms with van der Waals surface area (Å²) in [7, 11) is 1.25. The van der Waals surface area contributed by atoms with E-state index in [4.69, 9.17) is 4.42 Å². The van der Waals surface area contributed by atoms with Gasteiger partial charge in [-0.1, -0.05) is 18.2 Å². The first kappa shape index (κ1) is 28.4. The van der Waals surface area contributed by atoms with Crippen molar-refractivity contribution in [2.45, 2.75) is 13.3 Å². The third kappa shape index (κ3) is 5.82. The summed E-state index contributed by atoms with van der Waals surface area (Å²) in [5, 5.41) is 5.67. The molecule has 3 aromatic rings. The van der Waals surface area contributed by atoms with Crippen molar-refractivity contribution in [3.05, 3.63) is 77.7 Å². The molecule has 5 rings (SSSR count). The van der Waals surface area contributed by atoms with Gasteiger partial charge in [0.15, 0.2) is 5.76 Å². The molecule has 218 valence electrons. The number of imide groups is 2. The molecule has 6 amide bonds. The number of nitrogens with zero attached hydrogens (tertiary/aromatic N) is 4. The average Bonchev–Trinajstić information content (AvgIpc) is 3.61. The van der Waals surface area contributed by atoms with E-state index in [9.17, 15) is 24.0 Å². The van der Waals surface area contributed by atoms with Crippen LogP contribution in [-0.2, 0) is 9.59 Å². The maximum Gasteiger partial charge on any atom is 0.333 e. The molecule has 2 aliphatic rings. The second kappa shape index (κ2) is 12.2. The van der Waals surface area contributed by atoms with Crippen molar-refractivity contribution < 1.29 is 28.4 Å². The molecule has 3 heterocycles. The van der Waals surface area contributed by atoms with Gasteiger partial charge in [-0.3, -0.25) is 29.0 Å². The lowest BCUT2D eigenvalue weighted by atomic mass is 10.1. The van der Waals surface area contributed by atoms with E-state index in [-0.39, 0.29) is 31.2 Å². The number of carbonyl (C=O) groups is 5. The fraction of sp³-hybridized carbons (Fsp3) is 0.300. The molecule has 0 atom stereocenters. The maximum absolute atomic E-state index is 13.0. The molecule has 0 saturated carbocycles. The molecule has 12 heteroatoms. The second-order valence-electron chi connectivity index (χ2n) is 10.1. The van der Waals surface area contributed by atoms with E-state index in [2.05, 4.69) is 39.5 Å². The van der Waals surface area contributed by atoms with E-state index in [0.29, 0.717) is 11.3 Å². The zero-order valence-electron chi connectivity index (χ0n) is 23.5. The van der Waals surface area contributed by atoms with Crippen LogP contribution < -0.4 is 20.4 Å². The predicted octanol–water partition coefficient (Wildman–Crippen LogP) is 2.71. The highest BCUT2D eigenvalue weighted by atomic mass is 16.3. The first-order valence-corrected chi connectivity index (χ1v) is 13.7. The molecule has 2 fully saturated rings. The lowest BCUT2D eigenvalue weighted by Crippen LogP contribution is -2.47. The quantitative estimate of drug-likeness (QED) is 0.227. The average molecular weight is 573 g/mol. The van der Waals surface area contributed by atoms with Crippen molar-refractivity contribution in [2.24, 2.45) is 0 Å². The van der Waals surface area contributed by atoms with Gasteiger partial charge in [0.25, 0.3) is 11.8 Å². The minimum absolute atomic E-state index is 0.00586. The molecule has 12 nitrogen and oxygen atoms in total. The molecule has 2 N–H and O–H groups in total. The second-order valence-corrected chi connectivity index (χ2v) is 10.1. The van der Waals surface area contributed by atoms with Crippen LogP contribution in [0.3, 0.4) is 0 Å². The van der Waals surface area contributed by atoms with Gasteiger partial charge in [0.05, 0.1) is 17.6 Å². The Morgan fingerprint density at radius 1 is 0.857 bits per heavy atom. The van der Waals surface area contributed by atoms with E-state index in [1.165, 1.54) is 24.6 Å². The number of rotatable bonds is 9. The molecule has 0 radical (unpaired) electrons. The van der Waals surface area contributed by atoms with Gasteiger partial charge in [0.2, 0.25) is 0 Å². The van der Waals surface area contributed by atoms with Gasteiger partial charge in [-0.25, -0.2) is 4.79 Å². The Labute approximate surface area is 242 Å². The molecule has 0 aliphatic carbocycles. The van der Waals surface area contributed by atoms with Crippen molar-refractivity contribution in [1.29, 1.82) is 0 Å². The van der Waals surface area contributed by atoms with E-state index in [0.717, 1.165) is 41.7 Å². The summed E-state index contributed by atoms with van der Waals surface area (Å²) >= 11 is 0. The zero-order valence-corrected chi connectivity index (χ0v) is 23.5. The summed E-state index contributed by atoms with van der Waals surface area (Å²) in [5.41, 5.74) is 4.01. The largest absolute Gasteiger partial charge is 0.459 e. The number of para-hydroxylation sites is 1. The van der Waals surface area contributed by atoms with E-state index in [1.54, 1.807) is 24.3 Å². The monoisotopic (exact) mass is 572 g/mol. The molecule has 42 heavy (non-hydrogen) atoms. The van der Waals surface area contributed by atoms with Gasteiger partial charge in [-0.05, 0) is 55.3 Å². The smallest absolute Gasteiger partial charge is 0.333 e. The summed E-state index contributed by atoms with van der Waals surface area (Å²) < 4.78 is 5.25. The lowest BCUT2D eigenvalue weighted by Gasteiger charge is -2.38. The number of furan rings is 1. The van der Waals surface area contributed by atoms with Crippen LogP contribution in [0, 0.1) is 6.92 Å². The first-order chi connectivity index (χ1) is 20.2. The van der Waals surface area contributed by atoms with Crippen LogP contribution in [0.1, 0.15) is 32.9 Å². The molecule has 2 aromatic carbocycles. The fourth-order valence-corrected chi connectivity index (χ4v) is 5.10. The summed E-state index contributed by atoms with van der Waals surface area (Å²) in [6.45, 7) is 5.30. The third-order valence-corrected chi connectivity index (χ3v) is 7.42. The number of likely N-dealkylation sites (N-methyl/N-ethyl adjacent to an activating group) is 1. The van der Waals surface area contributed by atoms with Gasteiger partial charge in [-0.2, -0.15) is 0 Å². The van der Waals surface area contributed by atoms with Crippen LogP contribution in [0.4, 0.5) is 21.9 Å². The molecule has 0 bridgehead atoms. The standard InChI is InChI=1S/C30H32N6O6/c1-20-7-3-4-8-23(20)34-14-16-35(17-15-34)24-11-10-21(19-22(24)32-27(38)25-9-5-18-42-25)26(37)31-12-6-13-36-29(40)28(39)33(2)30(36)41/h3-5,7-11,18-19H,6,12-17H2,1-2H3,(H,31,37)(H,32,38). The number of urea groups is 1. The van der Waals surface area contributed by atoms with E-state index in [1.807, 2.05) is 18.2 Å². The molecular formula is C30H32N6O6. The van der Waals surface area contributed by atoms with Crippen molar-refractivity contribution in [1.82, 2.24) is 15.1 Å². The van der Waals surface area contributed by atoms with Gasteiger partial charge in [-0.15, -0.1) is 0 Å². The molecule has 2 saturated heterocycles. The molecule has 1 aromatic heterocycles. The first-order valence-electron chi connectivity index (χ1n) is 13.7. The van der Waals surface area contributed by atoms with Crippen LogP contribution in [0.25, 0.3) is 0 Å². The molecule has 0 unspecified atom stereocenters. The number of benzene rings is 2. The Kier molecular flexibility index (Phi) is 8.23. The third-order valence-electron chi connectivity index (χ3n) is 7.42. The number of amides is 6. The van der Waals surface area contributed by atoms with Crippen LogP contribution in [-0.4, -0.2) is 85.8 Å². The Morgan fingerprint density at radius 3 is 2.21 bits per heavy atom. The number of hydrogen-bond donors (Lipinski definition) is 2. The van der Waals surface area contributed by atoms with E-state index >= 15 is 0 Å². The summed E-state index contributed by atoms with van der Waals surface area (Å²) in [4.78, 5) is 67.7.